The van der Waals surface area contributed by atoms with Crippen molar-refractivity contribution in [2.75, 3.05) is 13.7 Å². The lowest BCUT2D eigenvalue weighted by Gasteiger charge is -2.28. The fourth-order valence-electron chi connectivity index (χ4n) is 3.33. The van der Waals surface area contributed by atoms with E-state index in [0.29, 0.717) is 24.2 Å². The molecule has 0 aromatic carbocycles. The molecule has 1 aromatic heterocycles. The Bertz CT molecular complexity index is 407. The summed E-state index contributed by atoms with van der Waals surface area (Å²) in [6.07, 6.45) is 6.41. The highest BCUT2D eigenvalue weighted by molar-refractivity contribution is 5.05. The van der Waals surface area contributed by atoms with Crippen LogP contribution in [-0.2, 0) is 10.3 Å². The van der Waals surface area contributed by atoms with Gasteiger partial charge in [0.2, 0.25) is 11.7 Å². The van der Waals surface area contributed by atoms with Crippen LogP contribution in [0.2, 0.25) is 0 Å². The van der Waals surface area contributed by atoms with Crippen molar-refractivity contribution >= 4 is 0 Å². The van der Waals surface area contributed by atoms with Crippen LogP contribution >= 0.6 is 0 Å². The van der Waals surface area contributed by atoms with Crippen LogP contribution < -0.4 is 5.73 Å². The summed E-state index contributed by atoms with van der Waals surface area (Å²) in [4.78, 5) is 4.66. The third-order valence-corrected chi connectivity index (χ3v) is 4.91. The zero-order valence-corrected chi connectivity index (χ0v) is 12.9. The third-order valence-electron chi connectivity index (χ3n) is 4.91. The van der Waals surface area contributed by atoms with Gasteiger partial charge in [0.15, 0.2) is 0 Å². The van der Waals surface area contributed by atoms with E-state index < -0.39 is 5.60 Å². The molecule has 2 atom stereocenters. The fraction of sp³-hybridized carbons (Fsp3) is 0.867. The second-order valence-electron chi connectivity index (χ2n) is 5.75. The van der Waals surface area contributed by atoms with Crippen molar-refractivity contribution in [3.05, 3.63) is 11.7 Å². The van der Waals surface area contributed by atoms with Gasteiger partial charge in [-0.05, 0) is 38.1 Å². The van der Waals surface area contributed by atoms with Crippen LogP contribution in [0.3, 0.4) is 0 Å². The minimum absolute atomic E-state index is 0.318. The van der Waals surface area contributed by atoms with Crippen LogP contribution in [-0.4, -0.2) is 23.8 Å². The highest BCUT2D eigenvalue weighted by atomic mass is 16.5. The lowest BCUT2D eigenvalue weighted by atomic mass is 9.79. The van der Waals surface area contributed by atoms with Crippen LogP contribution in [0, 0.1) is 5.92 Å². The van der Waals surface area contributed by atoms with E-state index in [9.17, 15) is 0 Å². The van der Waals surface area contributed by atoms with E-state index in [1.807, 2.05) is 0 Å². The molecule has 1 heterocycles. The number of hydrogen-bond acceptors (Lipinski definition) is 5. The highest BCUT2D eigenvalue weighted by Gasteiger charge is 2.36. The molecule has 1 saturated carbocycles. The minimum Gasteiger partial charge on any atom is -0.370 e. The molecule has 20 heavy (non-hydrogen) atoms. The first-order valence-corrected chi connectivity index (χ1v) is 7.80. The molecule has 0 aliphatic heterocycles. The first-order valence-electron chi connectivity index (χ1n) is 7.80. The predicted molar refractivity (Wildman–Crippen MR) is 77.3 cm³/mol. The van der Waals surface area contributed by atoms with Gasteiger partial charge in [0.1, 0.15) is 5.60 Å². The van der Waals surface area contributed by atoms with E-state index in [4.69, 9.17) is 15.0 Å². The van der Waals surface area contributed by atoms with Gasteiger partial charge in [0.05, 0.1) is 0 Å². The van der Waals surface area contributed by atoms with Crippen molar-refractivity contribution in [2.24, 2.45) is 11.7 Å². The van der Waals surface area contributed by atoms with Gasteiger partial charge in [-0.1, -0.05) is 31.8 Å². The van der Waals surface area contributed by atoms with Gasteiger partial charge in [0.25, 0.3) is 0 Å². The summed E-state index contributed by atoms with van der Waals surface area (Å²) in [5.74, 6) is 2.22. The zero-order chi connectivity index (χ0) is 14.6. The molecule has 2 rings (SSSR count). The van der Waals surface area contributed by atoms with E-state index in [2.05, 4.69) is 24.0 Å². The molecule has 114 valence electrons. The normalized spacial score (nSPS) is 24.0. The number of hydrogen-bond donors (Lipinski definition) is 1. The summed E-state index contributed by atoms with van der Waals surface area (Å²) < 4.78 is 11.2. The van der Waals surface area contributed by atoms with Crippen LogP contribution in [0.1, 0.15) is 70.0 Å². The molecular formula is C15H27N3O2. The van der Waals surface area contributed by atoms with Crippen LogP contribution in [0.5, 0.6) is 0 Å². The Labute approximate surface area is 121 Å². The third kappa shape index (κ3) is 2.74. The molecular weight excluding hydrogens is 254 g/mol. The Balaban J connectivity index is 2.23. The second-order valence-corrected chi connectivity index (χ2v) is 5.75. The maximum absolute atomic E-state index is 5.89. The summed E-state index contributed by atoms with van der Waals surface area (Å²) in [7, 11) is 1.71. The first kappa shape index (κ1) is 15.4. The van der Waals surface area contributed by atoms with Crippen molar-refractivity contribution < 1.29 is 9.26 Å². The number of nitrogens with zero attached hydrogens (tertiary/aromatic N) is 2. The number of nitrogens with two attached hydrogens (primary N) is 1. The zero-order valence-electron chi connectivity index (χ0n) is 12.9. The Hall–Kier alpha value is -0.940. The van der Waals surface area contributed by atoms with Gasteiger partial charge >= 0.3 is 0 Å². The summed E-state index contributed by atoms with van der Waals surface area (Å²) >= 11 is 0. The SMILES string of the molecule is CCC(CC)(OC)c1noc(C2CCCCC2CN)n1. The van der Waals surface area contributed by atoms with Crippen molar-refractivity contribution in [1.82, 2.24) is 10.1 Å². The molecule has 2 N–H and O–H groups in total. The van der Waals surface area contributed by atoms with Gasteiger partial charge < -0.3 is 15.0 Å². The van der Waals surface area contributed by atoms with E-state index in [-0.39, 0.29) is 0 Å². The van der Waals surface area contributed by atoms with E-state index in [1.54, 1.807) is 7.11 Å². The molecule has 2 unspecified atom stereocenters. The molecule has 1 aliphatic carbocycles. The highest BCUT2D eigenvalue weighted by Crippen LogP contribution is 2.38. The summed E-state index contributed by atoms with van der Waals surface area (Å²) in [5.41, 5.74) is 5.47. The summed E-state index contributed by atoms with van der Waals surface area (Å²) in [5, 5.41) is 4.19. The molecule has 0 spiro atoms. The van der Waals surface area contributed by atoms with E-state index >= 15 is 0 Å². The smallest absolute Gasteiger partial charge is 0.230 e. The van der Waals surface area contributed by atoms with Crippen LogP contribution in [0.4, 0.5) is 0 Å². The van der Waals surface area contributed by atoms with Gasteiger partial charge in [0, 0.05) is 13.0 Å². The van der Waals surface area contributed by atoms with Gasteiger partial charge in [-0.15, -0.1) is 0 Å². The Morgan fingerprint density at radius 3 is 2.60 bits per heavy atom. The Morgan fingerprint density at radius 1 is 1.30 bits per heavy atom. The average molecular weight is 281 g/mol. The van der Waals surface area contributed by atoms with Crippen molar-refractivity contribution in [3.8, 4) is 0 Å². The van der Waals surface area contributed by atoms with Gasteiger partial charge in [-0.3, -0.25) is 0 Å². The monoisotopic (exact) mass is 281 g/mol. The quantitative estimate of drug-likeness (QED) is 0.867. The van der Waals surface area contributed by atoms with Crippen molar-refractivity contribution in [2.45, 2.75) is 63.9 Å². The number of ether oxygens (including phenoxy) is 1. The van der Waals surface area contributed by atoms with Gasteiger partial charge in [-0.2, -0.15) is 4.98 Å². The standard InChI is InChI=1S/C15H27N3O2/c1-4-15(5-2,19-3)14-17-13(20-18-14)12-9-7-6-8-11(12)10-16/h11-12H,4-10,16H2,1-3H3. The van der Waals surface area contributed by atoms with Gasteiger partial charge in [-0.25, -0.2) is 0 Å². The summed E-state index contributed by atoms with van der Waals surface area (Å²) in [6, 6.07) is 0. The molecule has 0 amide bonds. The van der Waals surface area contributed by atoms with Crippen molar-refractivity contribution in [3.63, 3.8) is 0 Å². The Kier molecular flexibility index (Phi) is 5.16. The number of rotatable bonds is 6. The molecule has 0 radical (unpaired) electrons. The number of aromatic nitrogens is 2. The molecule has 1 aromatic rings. The average Bonchev–Trinajstić information content (AvgIpc) is 3.00. The van der Waals surface area contributed by atoms with Crippen molar-refractivity contribution in [1.29, 1.82) is 0 Å². The van der Waals surface area contributed by atoms with E-state index in [1.165, 1.54) is 12.8 Å². The Morgan fingerprint density at radius 2 is 2.00 bits per heavy atom. The molecule has 1 fully saturated rings. The van der Waals surface area contributed by atoms with Crippen LogP contribution in [0.25, 0.3) is 0 Å². The largest absolute Gasteiger partial charge is 0.370 e. The molecule has 5 nitrogen and oxygen atoms in total. The predicted octanol–water partition coefficient (Wildman–Crippen LogP) is 2.96. The first-order chi connectivity index (χ1) is 9.70. The lowest BCUT2D eigenvalue weighted by Crippen LogP contribution is -2.29. The topological polar surface area (TPSA) is 74.2 Å². The minimum atomic E-state index is -0.422. The molecule has 0 saturated heterocycles. The molecule has 0 bridgehead atoms. The van der Waals surface area contributed by atoms with E-state index in [0.717, 1.165) is 31.6 Å². The van der Waals surface area contributed by atoms with Crippen LogP contribution in [0.15, 0.2) is 4.52 Å². The fourth-order valence-corrected chi connectivity index (χ4v) is 3.33. The number of methoxy groups -OCH3 is 1. The molecule has 5 heteroatoms. The maximum atomic E-state index is 5.89. The second kappa shape index (κ2) is 6.68. The summed E-state index contributed by atoms with van der Waals surface area (Å²) in [6.45, 7) is 4.87. The molecule has 1 aliphatic rings. The lowest BCUT2D eigenvalue weighted by molar-refractivity contribution is -0.0306. The maximum Gasteiger partial charge on any atom is 0.230 e.